The van der Waals surface area contributed by atoms with Gasteiger partial charge in [-0.1, -0.05) is 42.5 Å². The van der Waals surface area contributed by atoms with Crippen LogP contribution in [0.5, 0.6) is 0 Å². The topological polar surface area (TPSA) is 48.4 Å². The van der Waals surface area contributed by atoms with Crippen LogP contribution < -0.4 is 14.7 Å². The van der Waals surface area contributed by atoms with Gasteiger partial charge in [-0.2, -0.15) is 10.1 Å². The van der Waals surface area contributed by atoms with Crippen molar-refractivity contribution in [2.24, 2.45) is 0 Å². The van der Waals surface area contributed by atoms with Crippen LogP contribution in [-0.2, 0) is 6.54 Å². The molecule has 1 saturated heterocycles. The molecule has 6 nitrogen and oxygen atoms in total. The van der Waals surface area contributed by atoms with Crippen molar-refractivity contribution in [3.05, 3.63) is 71.4 Å². The predicted octanol–water partition coefficient (Wildman–Crippen LogP) is 3.45. The van der Waals surface area contributed by atoms with Crippen LogP contribution in [0.2, 0.25) is 0 Å². The average molecular weight is 389 g/mol. The van der Waals surface area contributed by atoms with Crippen molar-refractivity contribution in [1.82, 2.24) is 15.2 Å². The van der Waals surface area contributed by atoms with Gasteiger partial charge in [-0.3, -0.25) is 0 Å². The Kier molecular flexibility index (Phi) is 5.60. The third-order valence-electron chi connectivity index (χ3n) is 5.67. The molecule has 1 aliphatic heterocycles. The van der Waals surface area contributed by atoms with Crippen LogP contribution in [0, 0.1) is 13.8 Å². The van der Waals surface area contributed by atoms with Gasteiger partial charge in [-0.25, -0.2) is 0 Å². The number of hydrogen-bond acceptors (Lipinski definition) is 6. The number of rotatable bonds is 5. The number of anilines is 3. The van der Waals surface area contributed by atoms with Gasteiger partial charge < -0.3 is 14.7 Å². The molecule has 4 rings (SSSR count). The zero-order chi connectivity index (χ0) is 20.2. The van der Waals surface area contributed by atoms with Crippen LogP contribution in [0.3, 0.4) is 0 Å². The first-order valence-corrected chi connectivity index (χ1v) is 10.1. The van der Waals surface area contributed by atoms with E-state index in [0.29, 0.717) is 5.95 Å². The molecule has 2 aromatic carbocycles. The van der Waals surface area contributed by atoms with E-state index in [4.69, 9.17) is 4.98 Å². The maximum Gasteiger partial charge on any atom is 0.247 e. The van der Waals surface area contributed by atoms with E-state index in [2.05, 4.69) is 81.2 Å². The van der Waals surface area contributed by atoms with E-state index in [0.717, 1.165) is 38.5 Å². The van der Waals surface area contributed by atoms with Crippen LogP contribution in [0.25, 0.3) is 0 Å². The molecule has 0 aliphatic carbocycles. The minimum absolute atomic E-state index is 0.711. The van der Waals surface area contributed by atoms with Gasteiger partial charge in [0, 0.05) is 45.5 Å². The Bertz CT molecular complexity index is 951. The second-order valence-electron chi connectivity index (χ2n) is 7.65. The first-order valence-electron chi connectivity index (χ1n) is 10.1. The van der Waals surface area contributed by atoms with Crippen LogP contribution in [0.1, 0.15) is 16.7 Å². The third-order valence-corrected chi connectivity index (χ3v) is 5.67. The lowest BCUT2D eigenvalue weighted by Crippen LogP contribution is -2.47. The van der Waals surface area contributed by atoms with Crippen LogP contribution in [0.15, 0.2) is 54.7 Å². The summed E-state index contributed by atoms with van der Waals surface area (Å²) in [6, 6.07) is 16.9. The molecule has 0 amide bonds. The van der Waals surface area contributed by atoms with E-state index in [-0.39, 0.29) is 0 Å². The Morgan fingerprint density at radius 1 is 0.897 bits per heavy atom. The normalized spacial score (nSPS) is 14.2. The quantitative estimate of drug-likeness (QED) is 0.667. The van der Waals surface area contributed by atoms with Gasteiger partial charge in [0.05, 0.1) is 6.20 Å². The molecule has 0 saturated carbocycles. The Morgan fingerprint density at radius 2 is 1.62 bits per heavy atom. The monoisotopic (exact) mass is 388 g/mol. The molecule has 150 valence electrons. The summed E-state index contributed by atoms with van der Waals surface area (Å²) in [4.78, 5) is 11.6. The van der Waals surface area contributed by atoms with Gasteiger partial charge in [0.2, 0.25) is 5.95 Å². The molecule has 0 atom stereocenters. The molecule has 3 aromatic rings. The predicted molar refractivity (Wildman–Crippen MR) is 119 cm³/mol. The summed E-state index contributed by atoms with van der Waals surface area (Å²) in [5.74, 6) is 1.55. The summed E-state index contributed by atoms with van der Waals surface area (Å²) in [5.41, 5.74) is 5.28. The molecule has 0 unspecified atom stereocenters. The fraction of sp³-hybridized carbons (Fsp3) is 0.348. The zero-order valence-electron chi connectivity index (χ0n) is 17.4. The second kappa shape index (κ2) is 8.47. The van der Waals surface area contributed by atoms with Crippen molar-refractivity contribution < 1.29 is 0 Å². The summed E-state index contributed by atoms with van der Waals surface area (Å²) < 4.78 is 0. The summed E-state index contributed by atoms with van der Waals surface area (Å²) in [6.45, 7) is 8.86. The standard InChI is InChI=1S/C23H28N6/c1-18-8-7-11-21(19(18)2)28-12-14-29(15-13-28)23-25-22(16-24-26-23)27(3)17-20-9-5-4-6-10-20/h4-11,16H,12-15,17H2,1-3H3. The van der Waals surface area contributed by atoms with Gasteiger partial charge in [0.15, 0.2) is 5.82 Å². The van der Waals surface area contributed by atoms with Crippen molar-refractivity contribution >= 4 is 17.5 Å². The number of nitrogens with zero attached hydrogens (tertiary/aromatic N) is 6. The van der Waals surface area contributed by atoms with Crippen LogP contribution in [0.4, 0.5) is 17.5 Å². The molecule has 2 heterocycles. The lowest BCUT2D eigenvalue weighted by atomic mass is 10.1. The van der Waals surface area contributed by atoms with E-state index in [9.17, 15) is 0 Å². The Morgan fingerprint density at radius 3 is 2.38 bits per heavy atom. The number of benzene rings is 2. The minimum atomic E-state index is 0.711. The number of aryl methyl sites for hydroxylation is 1. The fourth-order valence-electron chi connectivity index (χ4n) is 3.77. The summed E-state index contributed by atoms with van der Waals surface area (Å²) >= 11 is 0. The van der Waals surface area contributed by atoms with E-state index >= 15 is 0 Å². The van der Waals surface area contributed by atoms with Gasteiger partial charge >= 0.3 is 0 Å². The van der Waals surface area contributed by atoms with Gasteiger partial charge in [0.25, 0.3) is 0 Å². The first-order chi connectivity index (χ1) is 14.1. The van der Waals surface area contributed by atoms with E-state index in [1.54, 1.807) is 6.20 Å². The lowest BCUT2D eigenvalue weighted by Gasteiger charge is -2.37. The highest BCUT2D eigenvalue weighted by atomic mass is 15.4. The summed E-state index contributed by atoms with van der Waals surface area (Å²) in [6.07, 6.45) is 1.73. The summed E-state index contributed by atoms with van der Waals surface area (Å²) in [5, 5.41) is 8.52. The Labute approximate surface area is 172 Å². The summed E-state index contributed by atoms with van der Waals surface area (Å²) in [7, 11) is 2.04. The van der Waals surface area contributed by atoms with Gasteiger partial charge in [-0.05, 0) is 36.6 Å². The van der Waals surface area contributed by atoms with Crippen molar-refractivity contribution in [2.75, 3.05) is 47.9 Å². The highest BCUT2D eigenvalue weighted by Gasteiger charge is 2.21. The van der Waals surface area contributed by atoms with Gasteiger partial charge in [-0.15, -0.1) is 5.10 Å². The second-order valence-corrected chi connectivity index (χ2v) is 7.65. The van der Waals surface area contributed by atoms with Crippen molar-refractivity contribution in [2.45, 2.75) is 20.4 Å². The molecule has 6 heteroatoms. The highest BCUT2D eigenvalue weighted by molar-refractivity contribution is 5.57. The van der Waals surface area contributed by atoms with E-state index in [1.165, 1.54) is 22.4 Å². The molecular weight excluding hydrogens is 360 g/mol. The molecule has 1 fully saturated rings. The van der Waals surface area contributed by atoms with Crippen molar-refractivity contribution in [3.63, 3.8) is 0 Å². The minimum Gasteiger partial charge on any atom is -0.368 e. The van der Waals surface area contributed by atoms with Crippen LogP contribution >= 0.6 is 0 Å². The maximum atomic E-state index is 4.78. The molecule has 0 bridgehead atoms. The SMILES string of the molecule is Cc1cccc(N2CCN(c3nncc(N(C)Cc4ccccc4)n3)CC2)c1C. The molecule has 29 heavy (non-hydrogen) atoms. The van der Waals surface area contributed by atoms with E-state index in [1.807, 2.05) is 13.1 Å². The van der Waals surface area contributed by atoms with Crippen LogP contribution in [-0.4, -0.2) is 48.4 Å². The zero-order valence-corrected chi connectivity index (χ0v) is 17.4. The number of hydrogen-bond donors (Lipinski definition) is 0. The first kappa shape index (κ1) is 19.2. The van der Waals surface area contributed by atoms with Crippen molar-refractivity contribution in [3.8, 4) is 0 Å². The maximum absolute atomic E-state index is 4.78. The lowest BCUT2D eigenvalue weighted by molar-refractivity contribution is 0.633. The molecular formula is C23H28N6. The largest absolute Gasteiger partial charge is 0.368 e. The smallest absolute Gasteiger partial charge is 0.247 e. The fourth-order valence-corrected chi connectivity index (χ4v) is 3.77. The highest BCUT2D eigenvalue weighted by Crippen LogP contribution is 2.25. The van der Waals surface area contributed by atoms with Gasteiger partial charge in [0.1, 0.15) is 0 Å². The van der Waals surface area contributed by atoms with E-state index < -0.39 is 0 Å². The molecule has 0 radical (unpaired) electrons. The number of aromatic nitrogens is 3. The molecule has 1 aliphatic rings. The average Bonchev–Trinajstić information content (AvgIpc) is 2.77. The molecule has 1 aromatic heterocycles. The molecule has 0 spiro atoms. The molecule has 0 N–H and O–H groups in total. The number of piperazine rings is 1. The van der Waals surface area contributed by atoms with Crippen molar-refractivity contribution in [1.29, 1.82) is 0 Å². The third kappa shape index (κ3) is 4.31. The Balaban J connectivity index is 1.42. The Hall–Kier alpha value is -3.15.